The fourth-order valence-electron chi connectivity index (χ4n) is 2.35. The van der Waals surface area contributed by atoms with Crippen LogP contribution >= 0.6 is 0 Å². The quantitative estimate of drug-likeness (QED) is 0.706. The van der Waals surface area contributed by atoms with Crippen LogP contribution in [0.2, 0.25) is 0 Å². The Balaban J connectivity index is 1.81. The molecular formula is C18H15N3O4. The minimum Gasteiger partial charge on any atom is -0.451 e. The molecule has 126 valence electrons. The average Bonchev–Trinajstić information content (AvgIpc) is 2.61. The Bertz CT molecular complexity index is 1010. The molecule has 7 nitrogen and oxygen atoms in total. The van der Waals surface area contributed by atoms with Crippen molar-refractivity contribution in [1.29, 1.82) is 0 Å². The van der Waals surface area contributed by atoms with E-state index in [0.717, 1.165) is 0 Å². The highest BCUT2D eigenvalue weighted by Crippen LogP contribution is 2.16. The summed E-state index contributed by atoms with van der Waals surface area (Å²) in [6, 6.07) is 12.7. The van der Waals surface area contributed by atoms with E-state index in [0.29, 0.717) is 16.5 Å². The van der Waals surface area contributed by atoms with Crippen molar-refractivity contribution in [3.8, 4) is 0 Å². The number of esters is 1. The fraction of sp³-hybridized carbons (Fsp3) is 0.111. The van der Waals surface area contributed by atoms with Crippen molar-refractivity contribution in [2.24, 2.45) is 5.73 Å². The third-order valence-electron chi connectivity index (χ3n) is 3.71. The largest absolute Gasteiger partial charge is 0.451 e. The van der Waals surface area contributed by atoms with Crippen LogP contribution < -0.4 is 11.3 Å². The number of carbonyl (C=O) groups excluding carboxylic acids is 2. The van der Waals surface area contributed by atoms with Crippen LogP contribution in [0.1, 0.15) is 39.6 Å². The van der Waals surface area contributed by atoms with Gasteiger partial charge in [0.1, 0.15) is 0 Å². The van der Waals surface area contributed by atoms with E-state index in [1.807, 2.05) is 0 Å². The van der Waals surface area contributed by atoms with Crippen molar-refractivity contribution in [2.75, 3.05) is 0 Å². The molecule has 0 bridgehead atoms. The first-order chi connectivity index (χ1) is 12.0. The van der Waals surface area contributed by atoms with Gasteiger partial charge in [0.15, 0.2) is 11.9 Å². The Morgan fingerprint density at radius 1 is 1.08 bits per heavy atom. The molecule has 0 aliphatic heterocycles. The first kappa shape index (κ1) is 16.4. The van der Waals surface area contributed by atoms with Gasteiger partial charge >= 0.3 is 5.97 Å². The van der Waals surface area contributed by atoms with Gasteiger partial charge in [0.2, 0.25) is 5.91 Å². The second-order valence-corrected chi connectivity index (χ2v) is 5.46. The number of nitrogens with two attached hydrogens (primary N) is 1. The molecule has 7 heteroatoms. The van der Waals surface area contributed by atoms with Crippen LogP contribution in [0.4, 0.5) is 0 Å². The molecule has 1 aromatic heterocycles. The van der Waals surface area contributed by atoms with Crippen molar-refractivity contribution in [2.45, 2.75) is 13.0 Å². The molecule has 3 aromatic rings. The normalized spacial score (nSPS) is 11.9. The number of aromatic nitrogens is 2. The molecule has 1 heterocycles. The fourth-order valence-corrected chi connectivity index (χ4v) is 2.35. The third-order valence-corrected chi connectivity index (χ3v) is 3.71. The molecule has 0 radical (unpaired) electrons. The zero-order valence-electron chi connectivity index (χ0n) is 13.4. The maximum Gasteiger partial charge on any atom is 0.338 e. The predicted octanol–water partition coefficient (Wildman–Crippen LogP) is 1.94. The number of ether oxygens (including phenoxy) is 1. The van der Waals surface area contributed by atoms with Gasteiger partial charge in [-0.25, -0.2) is 9.78 Å². The second-order valence-electron chi connectivity index (χ2n) is 5.46. The molecule has 3 N–H and O–H groups in total. The van der Waals surface area contributed by atoms with Gasteiger partial charge in [0, 0.05) is 5.56 Å². The van der Waals surface area contributed by atoms with Gasteiger partial charge in [0.25, 0.3) is 5.56 Å². The lowest BCUT2D eigenvalue weighted by atomic mass is 10.1. The van der Waals surface area contributed by atoms with Crippen LogP contribution in [0.15, 0.2) is 53.3 Å². The van der Waals surface area contributed by atoms with E-state index in [1.165, 1.54) is 24.3 Å². The predicted molar refractivity (Wildman–Crippen MR) is 91.2 cm³/mol. The third kappa shape index (κ3) is 3.40. The van der Waals surface area contributed by atoms with Gasteiger partial charge in [-0.15, -0.1) is 0 Å². The molecule has 0 saturated heterocycles. The summed E-state index contributed by atoms with van der Waals surface area (Å²) in [6.07, 6.45) is -0.749. The molecule has 0 aliphatic rings. The Morgan fingerprint density at radius 3 is 2.40 bits per heavy atom. The summed E-state index contributed by atoms with van der Waals surface area (Å²) >= 11 is 0. The Morgan fingerprint density at radius 2 is 1.72 bits per heavy atom. The van der Waals surface area contributed by atoms with E-state index in [1.54, 1.807) is 31.2 Å². The topological polar surface area (TPSA) is 115 Å². The molecule has 0 aliphatic carbocycles. The maximum atomic E-state index is 12.2. The van der Waals surface area contributed by atoms with Crippen molar-refractivity contribution in [3.63, 3.8) is 0 Å². The van der Waals surface area contributed by atoms with Gasteiger partial charge < -0.3 is 15.5 Å². The average molecular weight is 337 g/mol. The van der Waals surface area contributed by atoms with Crippen molar-refractivity contribution >= 4 is 22.8 Å². The Labute approximate surface area is 142 Å². The zero-order chi connectivity index (χ0) is 18.0. The van der Waals surface area contributed by atoms with Crippen LogP contribution in [-0.4, -0.2) is 21.8 Å². The number of primary amides is 1. The van der Waals surface area contributed by atoms with E-state index in [-0.39, 0.29) is 16.9 Å². The van der Waals surface area contributed by atoms with Gasteiger partial charge in [0.05, 0.1) is 16.5 Å². The number of hydrogen-bond acceptors (Lipinski definition) is 5. The van der Waals surface area contributed by atoms with Gasteiger partial charge in [-0.1, -0.05) is 12.1 Å². The minimum atomic E-state index is -0.749. The standard InChI is InChI=1S/C18H15N3O4/c1-10(16-20-14-5-3-2-4-13(14)17(23)21-16)25-18(24)12-8-6-11(7-9-12)15(19)22/h2-10H,1H3,(H2,19,22)(H,20,21,23)/t10-/m0/s1. The second kappa shape index (κ2) is 6.56. The molecule has 0 spiro atoms. The first-order valence-corrected chi connectivity index (χ1v) is 7.55. The summed E-state index contributed by atoms with van der Waals surface area (Å²) in [7, 11) is 0. The lowest BCUT2D eigenvalue weighted by Gasteiger charge is -2.13. The number of fused-ring (bicyclic) bond motifs is 1. The van der Waals surface area contributed by atoms with Gasteiger partial charge in [-0.2, -0.15) is 0 Å². The van der Waals surface area contributed by atoms with Crippen LogP contribution in [0.3, 0.4) is 0 Å². The number of carbonyl (C=O) groups is 2. The van der Waals surface area contributed by atoms with E-state index in [2.05, 4.69) is 9.97 Å². The zero-order valence-corrected chi connectivity index (χ0v) is 13.4. The Kier molecular flexibility index (Phi) is 4.30. The first-order valence-electron chi connectivity index (χ1n) is 7.55. The molecule has 0 fully saturated rings. The lowest BCUT2D eigenvalue weighted by molar-refractivity contribution is 0.0319. The summed E-state index contributed by atoms with van der Waals surface area (Å²) in [5.74, 6) is -0.920. The van der Waals surface area contributed by atoms with Crippen LogP contribution in [-0.2, 0) is 4.74 Å². The summed E-state index contributed by atoms with van der Waals surface area (Å²) in [6.45, 7) is 1.61. The minimum absolute atomic E-state index is 0.255. The number of amides is 1. The number of para-hydroxylation sites is 1. The molecule has 3 rings (SSSR count). The van der Waals surface area contributed by atoms with E-state index >= 15 is 0 Å². The van der Waals surface area contributed by atoms with E-state index < -0.39 is 18.0 Å². The highest BCUT2D eigenvalue weighted by molar-refractivity contribution is 5.95. The monoisotopic (exact) mass is 337 g/mol. The van der Waals surface area contributed by atoms with Gasteiger partial charge in [-0.05, 0) is 43.3 Å². The van der Waals surface area contributed by atoms with Crippen LogP contribution in [0.25, 0.3) is 10.9 Å². The molecule has 0 saturated carbocycles. The molecule has 0 unspecified atom stereocenters. The molecule has 1 atom stereocenters. The number of nitrogens with one attached hydrogen (secondary N) is 1. The number of benzene rings is 2. The number of H-pyrrole nitrogens is 1. The van der Waals surface area contributed by atoms with E-state index in [4.69, 9.17) is 10.5 Å². The van der Waals surface area contributed by atoms with Crippen molar-refractivity contribution < 1.29 is 14.3 Å². The number of aromatic amines is 1. The summed E-state index contributed by atoms with van der Waals surface area (Å²) in [5.41, 5.74) is 5.95. The van der Waals surface area contributed by atoms with Crippen LogP contribution in [0, 0.1) is 0 Å². The maximum absolute atomic E-state index is 12.2. The molecule has 25 heavy (non-hydrogen) atoms. The number of rotatable bonds is 4. The summed E-state index contributed by atoms with van der Waals surface area (Å²) in [4.78, 5) is 42.3. The number of hydrogen-bond donors (Lipinski definition) is 2. The van der Waals surface area contributed by atoms with Crippen molar-refractivity contribution in [3.05, 3.63) is 75.8 Å². The van der Waals surface area contributed by atoms with Gasteiger partial charge in [-0.3, -0.25) is 9.59 Å². The molecular weight excluding hydrogens is 322 g/mol. The highest BCUT2D eigenvalue weighted by Gasteiger charge is 2.17. The summed E-state index contributed by atoms with van der Waals surface area (Å²) < 4.78 is 5.34. The summed E-state index contributed by atoms with van der Waals surface area (Å²) in [5, 5.41) is 0.465. The Hall–Kier alpha value is -3.48. The smallest absolute Gasteiger partial charge is 0.338 e. The van der Waals surface area contributed by atoms with E-state index in [9.17, 15) is 14.4 Å². The number of nitrogens with zero attached hydrogens (tertiary/aromatic N) is 1. The lowest BCUT2D eigenvalue weighted by Crippen LogP contribution is -2.17. The van der Waals surface area contributed by atoms with Crippen molar-refractivity contribution in [1.82, 2.24) is 9.97 Å². The highest BCUT2D eigenvalue weighted by atomic mass is 16.5. The SMILES string of the molecule is C[C@H](OC(=O)c1ccc(C(N)=O)cc1)c1nc2ccccc2c(=O)[nH]1. The molecule has 1 amide bonds. The van der Waals surface area contributed by atoms with Crippen LogP contribution in [0.5, 0.6) is 0 Å². The molecule has 2 aromatic carbocycles.